The summed E-state index contributed by atoms with van der Waals surface area (Å²) in [5.41, 5.74) is 1.66. The number of nitriles is 1. The van der Waals surface area contributed by atoms with E-state index < -0.39 is 11.8 Å². The number of aldehydes is 1. The molecule has 66 heavy (non-hydrogen) atoms. The molecule has 3 aromatic carbocycles. The molecule has 1 saturated carbocycles. The molecule has 4 fully saturated rings. The number of likely N-dealkylation sites (tertiary alicyclic amines) is 1. The molecule has 5 heterocycles. The van der Waals surface area contributed by atoms with E-state index in [0.29, 0.717) is 52.4 Å². The van der Waals surface area contributed by atoms with Gasteiger partial charge in [-0.25, -0.2) is 22.9 Å². The second-order valence-electron chi connectivity index (χ2n) is 17.8. The van der Waals surface area contributed by atoms with Crippen LogP contribution in [0.15, 0.2) is 53.6 Å². The van der Waals surface area contributed by atoms with Gasteiger partial charge >= 0.3 is 6.03 Å². The number of urea groups is 1. The molecule has 1 aliphatic carbocycles. The maximum atomic E-state index is 15.9. The Labute approximate surface area is 385 Å². The first-order valence-electron chi connectivity index (χ1n) is 22.6. The number of benzene rings is 3. The maximum Gasteiger partial charge on any atom is 0.322 e. The topological polar surface area (TPSA) is 172 Å². The average Bonchev–Trinajstić information content (AvgIpc) is 4.06. The molecule has 3 saturated heterocycles. The van der Waals surface area contributed by atoms with Crippen LogP contribution in [-0.4, -0.2) is 112 Å². The first-order chi connectivity index (χ1) is 32.0. The number of methoxy groups -OCH3 is 1. The fourth-order valence-electron chi connectivity index (χ4n) is 10.3. The third kappa shape index (κ3) is 8.96. The lowest BCUT2D eigenvalue weighted by molar-refractivity contribution is -0.107. The van der Waals surface area contributed by atoms with Crippen LogP contribution in [0.3, 0.4) is 0 Å². The van der Waals surface area contributed by atoms with Crippen LogP contribution in [0.25, 0.3) is 21.8 Å². The Morgan fingerprint density at radius 2 is 1.86 bits per heavy atom. The molecule has 2 N–H and O–H groups in total. The Bertz CT molecular complexity index is 2730. The predicted octanol–water partition coefficient (Wildman–Crippen LogP) is 7.18. The first-order valence-corrected chi connectivity index (χ1v) is 23.4. The van der Waals surface area contributed by atoms with Crippen molar-refractivity contribution in [2.24, 2.45) is 7.05 Å². The van der Waals surface area contributed by atoms with Gasteiger partial charge in [0.15, 0.2) is 17.4 Å². The molecule has 2 unspecified atom stereocenters. The molecule has 348 valence electrons. The van der Waals surface area contributed by atoms with Gasteiger partial charge in [0.25, 0.3) is 5.56 Å². The van der Waals surface area contributed by atoms with Gasteiger partial charge in [-0.05, 0) is 105 Å². The standard InChI is InChI=1S/C47H54F2N10O6S/c1-51-46(62)58(16-4-20-60)44-36-22-39(49)34(23-42(36)55(2)53-44)29-5-7-30(8-6-29)56-18-14-47(15-19-56)24-31(27-64-47)59-28-52-40-11-9-32(21-35(40)45(59)61)65-43-37(25-50)41(12-10-38(43)48)54-66-57-17-13-33(26-57)63-3/h9-12,20-23,28-31,33,54H,4-8,13-19,24,26-27H2,1-3H3,(H,51,62). The highest BCUT2D eigenvalue weighted by atomic mass is 32.2. The number of halogens is 2. The van der Waals surface area contributed by atoms with Crippen molar-refractivity contribution in [2.75, 3.05) is 63.1 Å². The molecule has 2 atom stereocenters. The van der Waals surface area contributed by atoms with Crippen LogP contribution in [0.4, 0.5) is 25.1 Å². The van der Waals surface area contributed by atoms with Crippen LogP contribution in [0.2, 0.25) is 0 Å². The zero-order valence-electron chi connectivity index (χ0n) is 37.3. The number of hydrogen-bond acceptors (Lipinski definition) is 13. The van der Waals surface area contributed by atoms with Crippen molar-refractivity contribution in [1.82, 2.24) is 33.9 Å². The third-order valence-corrected chi connectivity index (χ3v) is 14.9. The van der Waals surface area contributed by atoms with E-state index in [1.54, 1.807) is 47.9 Å². The SMILES string of the molecule is CNC(=O)N(CCC=O)c1nn(C)c2cc(C3CCC(N4CCC5(CC4)CC(n4cnc6ccc(Oc7c(F)ccc(NSN8CCC(OC)C8)c7C#N)cc6c4=O)CO5)CC3)c(F)cc12. The number of aryl methyl sites for hydroxylation is 1. The summed E-state index contributed by atoms with van der Waals surface area (Å²) in [6.07, 6.45) is 9.37. The highest BCUT2D eigenvalue weighted by Gasteiger charge is 2.45. The minimum Gasteiger partial charge on any atom is -0.453 e. The van der Waals surface area contributed by atoms with Crippen LogP contribution >= 0.6 is 12.1 Å². The van der Waals surface area contributed by atoms with Gasteiger partial charge in [0, 0.05) is 83.9 Å². The lowest BCUT2D eigenvalue weighted by Gasteiger charge is -2.44. The second kappa shape index (κ2) is 19.3. The van der Waals surface area contributed by atoms with Gasteiger partial charge in [-0.15, -0.1) is 0 Å². The van der Waals surface area contributed by atoms with Crippen LogP contribution < -0.4 is 25.2 Å². The minimum absolute atomic E-state index is 0.00699. The summed E-state index contributed by atoms with van der Waals surface area (Å²) in [6, 6.07) is 12.7. The number of carbonyl (C=O) groups excluding carboxylic acids is 2. The number of carbonyl (C=O) groups is 2. The molecule has 0 radical (unpaired) electrons. The fourth-order valence-corrected chi connectivity index (χ4v) is 11.1. The molecule has 9 rings (SSSR count). The van der Waals surface area contributed by atoms with Crippen molar-refractivity contribution in [3.05, 3.63) is 81.9 Å². The molecule has 0 bridgehead atoms. The summed E-state index contributed by atoms with van der Waals surface area (Å²) >= 11 is 1.32. The van der Waals surface area contributed by atoms with E-state index in [1.165, 1.54) is 42.3 Å². The van der Waals surface area contributed by atoms with Gasteiger partial charge in [0.2, 0.25) is 0 Å². The molecule has 2 aromatic heterocycles. The normalized spacial score (nSPS) is 22.2. The third-order valence-electron chi connectivity index (χ3n) is 14.0. The van der Waals surface area contributed by atoms with Crippen LogP contribution in [-0.2, 0) is 21.3 Å². The zero-order valence-corrected chi connectivity index (χ0v) is 38.1. The number of piperidine rings is 1. The Kier molecular flexibility index (Phi) is 13.3. The van der Waals surface area contributed by atoms with Crippen LogP contribution in [0, 0.1) is 23.0 Å². The lowest BCUT2D eigenvalue weighted by Crippen LogP contribution is -2.49. The molecule has 4 aliphatic rings. The number of ether oxygens (including phenoxy) is 3. The summed E-state index contributed by atoms with van der Waals surface area (Å²) in [6.45, 7) is 3.76. The number of aromatic nitrogens is 4. The van der Waals surface area contributed by atoms with E-state index in [0.717, 1.165) is 82.9 Å². The number of hydrogen-bond donors (Lipinski definition) is 2. The monoisotopic (exact) mass is 924 g/mol. The van der Waals surface area contributed by atoms with Crippen LogP contribution in [0.1, 0.15) is 80.9 Å². The number of anilines is 2. The zero-order chi connectivity index (χ0) is 46.1. The van der Waals surface area contributed by atoms with Crippen molar-refractivity contribution in [2.45, 2.75) is 87.5 Å². The van der Waals surface area contributed by atoms with Crippen molar-refractivity contribution in [3.63, 3.8) is 0 Å². The van der Waals surface area contributed by atoms with E-state index in [-0.39, 0.29) is 65.1 Å². The largest absolute Gasteiger partial charge is 0.453 e. The van der Waals surface area contributed by atoms with E-state index in [1.807, 2.05) is 6.07 Å². The summed E-state index contributed by atoms with van der Waals surface area (Å²) in [4.78, 5) is 46.4. The summed E-state index contributed by atoms with van der Waals surface area (Å²) < 4.78 is 57.7. The highest BCUT2D eigenvalue weighted by molar-refractivity contribution is 7.98. The lowest BCUT2D eigenvalue weighted by atomic mass is 9.79. The molecular formula is C47H54F2N10O6S. The predicted molar refractivity (Wildman–Crippen MR) is 247 cm³/mol. The van der Waals surface area contributed by atoms with Crippen molar-refractivity contribution < 1.29 is 32.6 Å². The Morgan fingerprint density at radius 1 is 1.06 bits per heavy atom. The molecular weight excluding hydrogens is 871 g/mol. The Balaban J connectivity index is 0.819. The minimum atomic E-state index is -0.703. The van der Waals surface area contributed by atoms with E-state index in [9.17, 15) is 19.6 Å². The van der Waals surface area contributed by atoms with Gasteiger partial charge in [0.05, 0.1) is 52.8 Å². The number of amides is 2. The van der Waals surface area contributed by atoms with Crippen molar-refractivity contribution in [1.29, 1.82) is 5.26 Å². The quantitative estimate of drug-likeness (QED) is 0.0900. The van der Waals surface area contributed by atoms with Crippen molar-refractivity contribution in [3.8, 4) is 17.6 Å². The van der Waals surface area contributed by atoms with Gasteiger partial charge in [0.1, 0.15) is 29.5 Å². The molecule has 19 heteroatoms. The van der Waals surface area contributed by atoms with Gasteiger partial charge < -0.3 is 33.9 Å². The number of rotatable bonds is 13. The van der Waals surface area contributed by atoms with Crippen molar-refractivity contribution >= 4 is 57.8 Å². The average molecular weight is 925 g/mol. The fraction of sp³-hybridized carbons (Fsp3) is 0.489. The Hall–Kier alpha value is -5.65. The molecule has 3 aliphatic heterocycles. The molecule has 5 aromatic rings. The van der Waals surface area contributed by atoms with E-state index in [4.69, 9.17) is 14.2 Å². The molecule has 2 amide bonds. The molecule has 16 nitrogen and oxygen atoms in total. The first kappa shape index (κ1) is 45.5. The number of nitrogens with one attached hydrogen (secondary N) is 2. The highest BCUT2D eigenvalue weighted by Crippen LogP contribution is 2.44. The van der Waals surface area contributed by atoms with E-state index >= 15 is 8.78 Å². The Morgan fingerprint density at radius 3 is 2.59 bits per heavy atom. The van der Waals surface area contributed by atoms with Gasteiger partial charge in [-0.3, -0.25) is 18.9 Å². The number of fused-ring (bicyclic) bond motifs is 2. The summed E-state index contributed by atoms with van der Waals surface area (Å²) in [5.74, 6) is -0.678. The van der Waals surface area contributed by atoms with E-state index in [2.05, 4.69) is 35.4 Å². The maximum absolute atomic E-state index is 15.9. The second-order valence-corrected chi connectivity index (χ2v) is 18.7. The van der Waals surface area contributed by atoms with Gasteiger partial charge in [-0.2, -0.15) is 10.4 Å². The van der Waals surface area contributed by atoms with Crippen LogP contribution in [0.5, 0.6) is 11.5 Å². The van der Waals surface area contributed by atoms with Gasteiger partial charge in [-0.1, -0.05) is 0 Å². The summed E-state index contributed by atoms with van der Waals surface area (Å²) in [7, 11) is 4.97. The smallest absolute Gasteiger partial charge is 0.322 e. The summed E-state index contributed by atoms with van der Waals surface area (Å²) in [5, 5.41) is 18.1. The molecule has 1 spiro atoms. The number of nitrogens with zero attached hydrogens (tertiary/aromatic N) is 8.